The Bertz CT molecular complexity index is 1300. The molecule has 0 aliphatic heterocycles. The lowest BCUT2D eigenvalue weighted by atomic mass is 9.54. The van der Waals surface area contributed by atoms with Gasteiger partial charge in [-0.25, -0.2) is 4.57 Å². The second-order valence-corrected chi connectivity index (χ2v) is 10.5. The molecule has 1 fully saturated rings. The summed E-state index contributed by atoms with van der Waals surface area (Å²) in [7, 11) is -1.63. The summed E-state index contributed by atoms with van der Waals surface area (Å²) < 4.78 is 8.88. The fourth-order valence-corrected chi connectivity index (χ4v) is 5.50. The van der Waals surface area contributed by atoms with Crippen LogP contribution in [0.5, 0.6) is 5.75 Å². The number of likely N-dealkylation sites (N-methyl/N-ethyl adjacent to an activating group) is 1. The number of nitrogens with two attached hydrogens (primary N) is 1. The zero-order valence-electron chi connectivity index (χ0n) is 19.9. The topological polar surface area (TPSA) is 259 Å². The Morgan fingerprint density at radius 1 is 1.11 bits per heavy atom. The highest BCUT2D eigenvalue weighted by molar-refractivity contribution is 7.45. The van der Waals surface area contributed by atoms with Crippen LogP contribution in [0.25, 0.3) is 5.76 Å². The first-order valence-electron chi connectivity index (χ1n) is 10.8. The van der Waals surface area contributed by atoms with Gasteiger partial charge in [0.1, 0.15) is 22.8 Å². The quantitative estimate of drug-likeness (QED) is 0.156. The lowest BCUT2D eigenvalue weighted by molar-refractivity contribution is -0.159. The monoisotopic (exact) mass is 542 g/mol. The lowest BCUT2D eigenvalue weighted by Crippen LogP contribution is -2.67. The van der Waals surface area contributed by atoms with E-state index < -0.39 is 82.8 Å². The van der Waals surface area contributed by atoms with Gasteiger partial charge in [-0.1, -0.05) is 12.1 Å². The number of aromatic hydroxyl groups is 1. The van der Waals surface area contributed by atoms with Crippen LogP contribution in [-0.2, 0) is 24.5 Å². The van der Waals surface area contributed by atoms with Crippen molar-refractivity contribution in [2.45, 2.75) is 30.6 Å². The van der Waals surface area contributed by atoms with Crippen LogP contribution in [0.3, 0.4) is 0 Å². The molecular weight excluding hydrogens is 515 g/mol. The van der Waals surface area contributed by atoms with Crippen molar-refractivity contribution in [2.75, 3.05) is 14.1 Å². The molecule has 4 rings (SSSR count). The van der Waals surface area contributed by atoms with Crippen molar-refractivity contribution in [2.24, 2.45) is 17.6 Å². The number of carbonyl (C=O) groups excluding carboxylic acids is 3. The number of phosphoric acid groups is 1. The van der Waals surface area contributed by atoms with E-state index in [9.17, 15) is 39.9 Å². The van der Waals surface area contributed by atoms with E-state index in [0.717, 1.165) is 0 Å². The Kier molecular flexibility index (Phi) is 6.95. The van der Waals surface area contributed by atoms with Gasteiger partial charge in [-0.05, 0) is 39.1 Å². The largest absolute Gasteiger partial charge is 0.508 e. The van der Waals surface area contributed by atoms with Gasteiger partial charge in [-0.15, -0.1) is 0 Å². The summed E-state index contributed by atoms with van der Waals surface area (Å²) >= 11 is 0. The van der Waals surface area contributed by atoms with E-state index in [1.165, 1.54) is 44.1 Å². The number of phenolic OH excluding ortho intramolecular Hbond substituents is 1. The minimum Gasteiger partial charge on any atom is -0.508 e. The molecule has 37 heavy (non-hydrogen) atoms. The molecule has 0 aromatic heterocycles. The van der Waals surface area contributed by atoms with Crippen molar-refractivity contribution in [3.63, 3.8) is 0 Å². The van der Waals surface area contributed by atoms with Crippen LogP contribution in [-0.4, -0.2) is 88.3 Å². The second kappa shape index (κ2) is 9.03. The first kappa shape index (κ1) is 28.5. The minimum absolute atomic E-state index is 0.170. The molecule has 3 aliphatic carbocycles. The van der Waals surface area contributed by atoms with E-state index in [2.05, 4.69) is 0 Å². The Morgan fingerprint density at radius 3 is 2.14 bits per heavy atom. The third-order valence-corrected chi connectivity index (χ3v) is 7.02. The van der Waals surface area contributed by atoms with E-state index in [0.29, 0.717) is 0 Å². The molecule has 0 heterocycles. The molecule has 0 spiro atoms. The van der Waals surface area contributed by atoms with Crippen LogP contribution in [0.15, 0.2) is 35.1 Å². The van der Waals surface area contributed by atoms with Gasteiger partial charge in [0.25, 0.3) is 5.91 Å². The Balaban J connectivity index is 0.000000695. The number of primary amides is 1. The number of rotatable bonds is 2. The maximum absolute atomic E-state index is 13.7. The molecule has 0 saturated heterocycles. The van der Waals surface area contributed by atoms with Crippen LogP contribution in [0.1, 0.15) is 24.5 Å². The summed E-state index contributed by atoms with van der Waals surface area (Å²) in [6.07, 6.45) is -0.200. The molecule has 0 unspecified atom stereocenters. The molecule has 0 bridgehead atoms. The predicted octanol–water partition coefficient (Wildman–Crippen LogP) is -1.30. The van der Waals surface area contributed by atoms with Crippen molar-refractivity contribution in [1.82, 2.24) is 4.90 Å². The second-order valence-electron chi connectivity index (χ2n) is 9.47. The zero-order chi connectivity index (χ0) is 28.4. The van der Waals surface area contributed by atoms with E-state index in [4.69, 9.17) is 25.0 Å². The number of fused-ring (bicyclic) bond motifs is 3. The van der Waals surface area contributed by atoms with Gasteiger partial charge in [0.2, 0.25) is 5.78 Å². The van der Waals surface area contributed by atoms with Crippen molar-refractivity contribution >= 4 is 31.1 Å². The summed E-state index contributed by atoms with van der Waals surface area (Å²) in [6, 6.07) is 3.02. The highest BCUT2D eigenvalue weighted by Gasteiger charge is 2.66. The fraction of sp³-hybridized carbons (Fsp3) is 0.409. The standard InChI is InChI=1S/C22H24N2O8.H3O4P/c1-21(31)8-5-4-6-11(25)12(8)16(26)13-9(21)7-10-15(24(2)3)17(27)14(20(23)30)19(29)22(10,32)18(13)28;1-5(2,3)4/h4-6,9-10,15,25-26,29,31-32H,7H2,1-3H3,(H2,23,30);(H3,1,2,3,4)/t9-,10-,15-,21+,22-;/m0./s1. The molecular formula is C22H27N2O12P. The molecule has 1 saturated carbocycles. The predicted molar refractivity (Wildman–Crippen MR) is 124 cm³/mol. The number of carbonyl (C=O) groups is 3. The number of phenols is 1. The van der Waals surface area contributed by atoms with Crippen LogP contribution < -0.4 is 5.73 Å². The van der Waals surface area contributed by atoms with Gasteiger partial charge in [0.05, 0.1) is 17.2 Å². The summed E-state index contributed by atoms with van der Waals surface area (Å²) in [4.78, 5) is 61.6. The Morgan fingerprint density at radius 2 is 1.65 bits per heavy atom. The molecule has 1 aromatic rings. The maximum atomic E-state index is 13.7. The van der Waals surface area contributed by atoms with Gasteiger partial charge in [0.15, 0.2) is 11.4 Å². The van der Waals surface area contributed by atoms with E-state index >= 15 is 0 Å². The molecule has 10 N–H and O–H groups in total. The van der Waals surface area contributed by atoms with Gasteiger partial charge in [-0.3, -0.25) is 19.3 Å². The first-order valence-corrected chi connectivity index (χ1v) is 12.3. The summed E-state index contributed by atoms with van der Waals surface area (Å²) in [6.45, 7) is 1.40. The number of nitrogens with zero attached hydrogens (tertiary/aromatic N) is 1. The highest BCUT2D eigenvalue weighted by atomic mass is 31.2. The molecule has 1 amide bonds. The number of aliphatic hydroxyl groups is 4. The zero-order valence-corrected chi connectivity index (χ0v) is 20.7. The molecule has 3 aliphatic rings. The minimum atomic E-state index is -4.64. The summed E-state index contributed by atoms with van der Waals surface area (Å²) in [5.74, 6) is -7.90. The summed E-state index contributed by atoms with van der Waals surface area (Å²) in [5.41, 5.74) is -0.548. The number of ketones is 2. The maximum Gasteiger partial charge on any atom is 0.466 e. The number of hydrogen-bond donors (Lipinski definition) is 9. The lowest BCUT2D eigenvalue weighted by Gasteiger charge is -2.53. The van der Waals surface area contributed by atoms with Crippen molar-refractivity contribution in [1.29, 1.82) is 0 Å². The third-order valence-electron chi connectivity index (χ3n) is 7.02. The average molecular weight is 542 g/mol. The van der Waals surface area contributed by atoms with Crippen LogP contribution in [0, 0.1) is 11.8 Å². The van der Waals surface area contributed by atoms with E-state index in [1.807, 2.05) is 0 Å². The smallest absolute Gasteiger partial charge is 0.466 e. The molecule has 15 heteroatoms. The van der Waals surface area contributed by atoms with Gasteiger partial charge in [-0.2, -0.15) is 0 Å². The van der Waals surface area contributed by atoms with E-state index in [-0.39, 0.29) is 17.5 Å². The van der Waals surface area contributed by atoms with Crippen LogP contribution >= 0.6 is 7.82 Å². The number of amides is 1. The first-order chi connectivity index (χ1) is 16.8. The molecule has 14 nitrogen and oxygen atoms in total. The Labute approximate surface area is 209 Å². The molecule has 0 radical (unpaired) electrons. The van der Waals surface area contributed by atoms with Crippen molar-refractivity contribution in [3.05, 3.63) is 46.2 Å². The molecule has 5 atom stereocenters. The highest BCUT2D eigenvalue weighted by Crippen LogP contribution is 2.57. The van der Waals surface area contributed by atoms with Crippen LogP contribution in [0.4, 0.5) is 0 Å². The van der Waals surface area contributed by atoms with Gasteiger partial charge < -0.3 is 45.9 Å². The molecule has 202 valence electrons. The molecule has 1 aromatic carbocycles. The number of Topliss-reactive ketones (excluding diaryl/α,β-unsaturated/α-hetero) is 2. The Hall–Kier alpha value is -3.10. The normalized spacial score (nSPS) is 31.3. The van der Waals surface area contributed by atoms with Crippen LogP contribution in [0.2, 0.25) is 0 Å². The van der Waals surface area contributed by atoms with E-state index in [1.54, 1.807) is 0 Å². The van der Waals surface area contributed by atoms with Crippen molar-refractivity contribution in [3.8, 4) is 5.75 Å². The fourth-order valence-electron chi connectivity index (χ4n) is 5.50. The third kappa shape index (κ3) is 4.36. The number of benzene rings is 1. The van der Waals surface area contributed by atoms with Gasteiger partial charge >= 0.3 is 7.82 Å². The SMILES string of the molecule is CN(C)[C@@H]1C(=O)C(C(N)=O)=C(O)[C@@]2(O)C(=O)C3=C(O)c4c(O)cccc4[C@@](C)(O)[C@H]3C[C@@H]12.O=P(O)(O)O. The number of hydrogen-bond acceptors (Lipinski definition) is 10. The number of aliphatic hydroxyl groups excluding tert-OH is 2. The van der Waals surface area contributed by atoms with Crippen molar-refractivity contribution < 1.29 is 59.2 Å². The van der Waals surface area contributed by atoms with Gasteiger partial charge in [0, 0.05) is 17.4 Å². The summed E-state index contributed by atoms with van der Waals surface area (Å²) in [5, 5.41) is 54.9. The average Bonchev–Trinajstić information content (AvgIpc) is 2.73.